The number of aryl methyl sites for hydroxylation is 1. The summed E-state index contributed by atoms with van der Waals surface area (Å²) in [4.78, 5) is 43.6. The molecule has 0 saturated heterocycles. The largest absolute Gasteiger partial charge is 0.459 e. The molecule has 2 aromatic heterocycles. The highest BCUT2D eigenvalue weighted by Crippen LogP contribution is 2.45. The maximum absolute atomic E-state index is 15.0. The van der Waals surface area contributed by atoms with Gasteiger partial charge >= 0.3 is 11.9 Å². The van der Waals surface area contributed by atoms with Gasteiger partial charge in [-0.1, -0.05) is 6.92 Å². The van der Waals surface area contributed by atoms with Crippen LogP contribution in [0.5, 0.6) is 0 Å². The van der Waals surface area contributed by atoms with E-state index in [-0.39, 0.29) is 60.6 Å². The van der Waals surface area contributed by atoms with Gasteiger partial charge in [0.2, 0.25) is 0 Å². The fourth-order valence-corrected chi connectivity index (χ4v) is 6.34. The molecule has 0 unspecified atom stereocenters. The van der Waals surface area contributed by atoms with Gasteiger partial charge in [0.1, 0.15) is 18.0 Å². The molecule has 210 valence electrons. The number of nitrogens with zero attached hydrogens (tertiary/aromatic N) is 2. The SMILES string of the molecule is CC[C@@]1(O)C(=O)OCc2c1cc1n(c2=O)Cc2c-1nc1cc(F)c(C)c3c1c2[C@@H](NCC(=O)OC(C)(C)C)CC3. The topological polar surface area (TPSA) is 120 Å². The second-order valence-electron chi connectivity index (χ2n) is 11.9. The number of rotatable bonds is 4. The number of ether oxygens (including phenoxy) is 2. The van der Waals surface area contributed by atoms with Crippen molar-refractivity contribution < 1.29 is 28.6 Å². The van der Waals surface area contributed by atoms with E-state index in [2.05, 4.69) is 5.32 Å². The van der Waals surface area contributed by atoms with Gasteiger partial charge < -0.3 is 19.1 Å². The Morgan fingerprint density at radius 3 is 2.73 bits per heavy atom. The molecular weight excluding hydrogens is 517 g/mol. The first-order valence-electron chi connectivity index (χ1n) is 13.6. The van der Waals surface area contributed by atoms with Gasteiger partial charge in [-0.3, -0.25) is 14.9 Å². The van der Waals surface area contributed by atoms with Gasteiger partial charge in [0.15, 0.2) is 5.60 Å². The molecule has 0 radical (unpaired) electrons. The van der Waals surface area contributed by atoms with Crippen LogP contribution in [-0.4, -0.2) is 38.7 Å². The summed E-state index contributed by atoms with van der Waals surface area (Å²) in [6.07, 6.45) is 1.25. The summed E-state index contributed by atoms with van der Waals surface area (Å²) in [7, 11) is 0. The molecule has 0 bridgehead atoms. The Hall–Kier alpha value is -3.63. The number of nitrogens with one attached hydrogen (secondary N) is 1. The highest BCUT2D eigenvalue weighted by Gasteiger charge is 2.46. The van der Waals surface area contributed by atoms with Gasteiger partial charge in [0, 0.05) is 28.6 Å². The molecule has 6 rings (SSSR count). The molecule has 0 fully saturated rings. The van der Waals surface area contributed by atoms with Crippen molar-refractivity contribution in [1.82, 2.24) is 14.9 Å². The van der Waals surface area contributed by atoms with Crippen molar-refractivity contribution in [3.63, 3.8) is 0 Å². The number of halogens is 1. The first-order valence-corrected chi connectivity index (χ1v) is 13.6. The molecule has 9 nitrogen and oxygen atoms in total. The van der Waals surface area contributed by atoms with E-state index in [0.717, 1.165) is 22.1 Å². The molecule has 0 spiro atoms. The zero-order chi connectivity index (χ0) is 28.7. The Bertz CT molecular complexity index is 1690. The number of aliphatic hydroxyl groups is 1. The number of cyclic esters (lactones) is 1. The Morgan fingerprint density at radius 2 is 2.02 bits per heavy atom. The van der Waals surface area contributed by atoms with Gasteiger partial charge in [-0.15, -0.1) is 0 Å². The molecule has 0 amide bonds. The zero-order valence-corrected chi connectivity index (χ0v) is 23.2. The zero-order valence-electron chi connectivity index (χ0n) is 23.2. The average molecular weight is 550 g/mol. The van der Waals surface area contributed by atoms with E-state index in [1.165, 1.54) is 6.07 Å². The van der Waals surface area contributed by atoms with Crippen LogP contribution in [-0.2, 0) is 44.2 Å². The lowest BCUT2D eigenvalue weighted by Gasteiger charge is -2.31. The minimum Gasteiger partial charge on any atom is -0.459 e. The van der Waals surface area contributed by atoms with E-state index < -0.39 is 17.2 Å². The molecule has 0 saturated carbocycles. The second kappa shape index (κ2) is 8.94. The van der Waals surface area contributed by atoms with Crippen molar-refractivity contribution in [3.8, 4) is 11.4 Å². The number of carbonyl (C=O) groups is 2. The van der Waals surface area contributed by atoms with E-state index in [9.17, 15) is 19.5 Å². The first-order chi connectivity index (χ1) is 18.8. The normalized spacial score (nSPS) is 21.1. The van der Waals surface area contributed by atoms with Gasteiger partial charge in [0.05, 0.1) is 35.6 Å². The second-order valence-corrected chi connectivity index (χ2v) is 11.9. The molecule has 3 aliphatic rings. The van der Waals surface area contributed by atoms with Crippen LogP contribution < -0.4 is 10.9 Å². The van der Waals surface area contributed by atoms with Crippen LogP contribution in [0.3, 0.4) is 0 Å². The summed E-state index contributed by atoms with van der Waals surface area (Å²) in [5.41, 5.74) is 2.07. The number of benzene rings is 1. The summed E-state index contributed by atoms with van der Waals surface area (Å²) in [6, 6.07) is 2.80. The molecule has 4 heterocycles. The van der Waals surface area contributed by atoms with Crippen molar-refractivity contribution >= 4 is 22.8 Å². The molecule has 10 heteroatoms. The number of hydrogen-bond donors (Lipinski definition) is 2. The maximum atomic E-state index is 15.0. The molecule has 2 atom stereocenters. The van der Waals surface area contributed by atoms with E-state index in [4.69, 9.17) is 14.5 Å². The Balaban J connectivity index is 1.54. The molecule has 3 aromatic rings. The Kier molecular flexibility index (Phi) is 5.94. The van der Waals surface area contributed by atoms with Crippen molar-refractivity contribution in [2.24, 2.45) is 0 Å². The molecule has 1 aliphatic carbocycles. The van der Waals surface area contributed by atoms with Crippen LogP contribution in [0.4, 0.5) is 4.39 Å². The maximum Gasteiger partial charge on any atom is 0.343 e. The van der Waals surface area contributed by atoms with E-state index in [1.807, 2.05) is 20.8 Å². The summed E-state index contributed by atoms with van der Waals surface area (Å²) >= 11 is 0. The Labute approximate surface area is 230 Å². The summed E-state index contributed by atoms with van der Waals surface area (Å²) in [6.45, 7) is 8.82. The van der Waals surface area contributed by atoms with Crippen molar-refractivity contribution in [2.45, 2.75) is 84.3 Å². The summed E-state index contributed by atoms with van der Waals surface area (Å²) < 4.78 is 27.3. The number of aromatic nitrogens is 2. The van der Waals surface area contributed by atoms with Crippen molar-refractivity contribution in [1.29, 1.82) is 0 Å². The lowest BCUT2D eigenvalue weighted by molar-refractivity contribution is -0.172. The monoisotopic (exact) mass is 549 g/mol. The fraction of sp³-hybridized carbons (Fsp3) is 0.467. The van der Waals surface area contributed by atoms with Gasteiger partial charge in [0.25, 0.3) is 5.56 Å². The Morgan fingerprint density at radius 1 is 1.27 bits per heavy atom. The molecule has 2 N–H and O–H groups in total. The van der Waals surface area contributed by atoms with E-state index >= 15 is 4.39 Å². The summed E-state index contributed by atoms with van der Waals surface area (Å²) in [5, 5.41) is 15.4. The third-order valence-electron chi connectivity index (χ3n) is 8.29. The highest BCUT2D eigenvalue weighted by atomic mass is 19.1. The summed E-state index contributed by atoms with van der Waals surface area (Å²) in [5.74, 6) is -1.53. The predicted molar refractivity (Wildman–Crippen MR) is 144 cm³/mol. The van der Waals surface area contributed by atoms with Crippen LogP contribution >= 0.6 is 0 Å². The van der Waals surface area contributed by atoms with Crippen LogP contribution in [0.1, 0.15) is 80.0 Å². The lowest BCUT2D eigenvalue weighted by atomic mass is 9.81. The number of hydrogen-bond acceptors (Lipinski definition) is 8. The lowest BCUT2D eigenvalue weighted by Crippen LogP contribution is -2.44. The third kappa shape index (κ3) is 3.88. The van der Waals surface area contributed by atoms with Crippen LogP contribution in [0, 0.1) is 12.7 Å². The quantitative estimate of drug-likeness (QED) is 0.372. The van der Waals surface area contributed by atoms with Gasteiger partial charge in [-0.05, 0) is 69.7 Å². The van der Waals surface area contributed by atoms with Crippen LogP contribution in [0.25, 0.3) is 22.3 Å². The van der Waals surface area contributed by atoms with Crippen LogP contribution in [0.2, 0.25) is 0 Å². The average Bonchev–Trinajstić information content (AvgIpc) is 3.26. The van der Waals surface area contributed by atoms with Crippen molar-refractivity contribution in [2.75, 3.05) is 6.54 Å². The number of carbonyl (C=O) groups excluding carboxylic acids is 2. The number of fused-ring (bicyclic) bond motifs is 5. The third-order valence-corrected chi connectivity index (χ3v) is 8.29. The van der Waals surface area contributed by atoms with E-state index in [1.54, 1.807) is 24.5 Å². The standard InChI is InChI=1S/C30H32FN3O6/c1-6-30(38)18-9-22-26-16(12-34(22)27(36)17(18)13-39-28(30)37)25-20(32-11-23(35)40-29(3,4)5)8-7-15-14(2)19(31)10-21(33-26)24(15)25/h9-10,20,32,38H,6-8,11-13H2,1-5H3/t20-,30-/m0/s1. The highest BCUT2D eigenvalue weighted by molar-refractivity contribution is 5.93. The van der Waals surface area contributed by atoms with E-state index in [0.29, 0.717) is 35.3 Å². The fourth-order valence-electron chi connectivity index (χ4n) is 6.34. The van der Waals surface area contributed by atoms with Gasteiger partial charge in [-0.25, -0.2) is 14.2 Å². The molecule has 40 heavy (non-hydrogen) atoms. The smallest absolute Gasteiger partial charge is 0.343 e. The van der Waals surface area contributed by atoms with Crippen molar-refractivity contribution in [3.05, 3.63) is 61.7 Å². The first kappa shape index (κ1) is 26.6. The molecule has 2 aliphatic heterocycles. The van der Waals surface area contributed by atoms with Gasteiger partial charge in [-0.2, -0.15) is 0 Å². The van der Waals surface area contributed by atoms with Crippen LogP contribution in [0.15, 0.2) is 16.9 Å². The molecular formula is C30H32FN3O6. The number of pyridine rings is 2. The predicted octanol–water partition coefficient (Wildman–Crippen LogP) is 3.45. The molecule has 1 aromatic carbocycles. The number of esters is 2. The minimum absolute atomic E-state index is 0.0137. The minimum atomic E-state index is -1.94.